The van der Waals surface area contributed by atoms with Crippen molar-refractivity contribution in [3.63, 3.8) is 0 Å². The molecule has 0 heterocycles. The van der Waals surface area contributed by atoms with E-state index in [0.717, 1.165) is 36.5 Å². The van der Waals surface area contributed by atoms with Gasteiger partial charge in [-0.2, -0.15) is 18.3 Å². The molecule has 0 aliphatic carbocycles. The maximum Gasteiger partial charge on any atom is 0.416 e. The van der Waals surface area contributed by atoms with Gasteiger partial charge < -0.3 is 0 Å². The minimum Gasteiger partial charge on any atom is -0.280 e. The molecule has 3 rings (SSSR count). The Hall–Kier alpha value is -3.64. The fourth-order valence-corrected chi connectivity index (χ4v) is 3.83. The lowest BCUT2D eigenvalue weighted by Crippen LogP contribution is -2.13. The topological polar surface area (TPSA) is 114 Å². The van der Waals surface area contributed by atoms with Gasteiger partial charge in [-0.3, -0.25) is 20.3 Å². The van der Waals surface area contributed by atoms with Gasteiger partial charge in [-0.1, -0.05) is 23.7 Å². The first-order valence-corrected chi connectivity index (χ1v) is 10.8. The molecule has 0 amide bonds. The van der Waals surface area contributed by atoms with Gasteiger partial charge in [0.15, 0.2) is 0 Å². The fraction of sp³-hybridized carbons (Fsp3) is 0.0500. The van der Waals surface area contributed by atoms with Crippen LogP contribution in [0.25, 0.3) is 0 Å². The molecule has 3 aromatic rings. The fourth-order valence-electron chi connectivity index (χ4n) is 2.63. The SMILES string of the molecule is O=[N+]([O-])c1cc(S(=O)(=O)Nc2ccc(Cl)cc2)ccc1N/N=C/c1cccc(C(F)(F)F)c1. The van der Waals surface area contributed by atoms with E-state index in [2.05, 4.69) is 15.2 Å². The number of nitro groups is 1. The van der Waals surface area contributed by atoms with Gasteiger partial charge in [-0.15, -0.1) is 0 Å². The summed E-state index contributed by atoms with van der Waals surface area (Å²) in [5.41, 5.74) is 1.02. The largest absolute Gasteiger partial charge is 0.416 e. The lowest BCUT2D eigenvalue weighted by atomic mass is 10.1. The number of nitrogens with zero attached hydrogens (tertiary/aromatic N) is 2. The van der Waals surface area contributed by atoms with Crippen LogP contribution in [-0.2, 0) is 16.2 Å². The average molecular weight is 499 g/mol. The number of benzene rings is 3. The molecule has 0 fully saturated rings. The number of anilines is 2. The van der Waals surface area contributed by atoms with E-state index in [1.54, 1.807) is 0 Å². The van der Waals surface area contributed by atoms with Gasteiger partial charge in [-0.05, 0) is 54.1 Å². The molecule has 3 aromatic carbocycles. The van der Waals surface area contributed by atoms with Crippen LogP contribution < -0.4 is 10.1 Å². The number of alkyl halides is 3. The van der Waals surface area contributed by atoms with Gasteiger partial charge in [0.2, 0.25) is 0 Å². The van der Waals surface area contributed by atoms with Crippen molar-refractivity contribution in [2.75, 3.05) is 10.1 Å². The highest BCUT2D eigenvalue weighted by atomic mass is 35.5. The van der Waals surface area contributed by atoms with Gasteiger partial charge in [0.1, 0.15) is 5.69 Å². The Labute approximate surface area is 190 Å². The summed E-state index contributed by atoms with van der Waals surface area (Å²) >= 11 is 5.76. The normalized spacial score (nSPS) is 12.0. The zero-order chi connectivity index (χ0) is 24.2. The average Bonchev–Trinajstić information content (AvgIpc) is 2.75. The smallest absolute Gasteiger partial charge is 0.280 e. The number of halogens is 4. The van der Waals surface area contributed by atoms with Gasteiger partial charge in [0.25, 0.3) is 15.7 Å². The lowest BCUT2D eigenvalue weighted by molar-refractivity contribution is -0.384. The molecule has 0 aliphatic rings. The van der Waals surface area contributed by atoms with Gasteiger partial charge >= 0.3 is 6.18 Å². The highest BCUT2D eigenvalue weighted by Gasteiger charge is 2.30. The minimum absolute atomic E-state index is 0.103. The van der Waals surface area contributed by atoms with Crippen molar-refractivity contribution in [2.24, 2.45) is 5.10 Å². The molecule has 13 heteroatoms. The first-order chi connectivity index (χ1) is 15.5. The molecule has 0 radical (unpaired) electrons. The lowest BCUT2D eigenvalue weighted by Gasteiger charge is -2.09. The summed E-state index contributed by atoms with van der Waals surface area (Å²) in [7, 11) is -4.15. The van der Waals surface area contributed by atoms with E-state index < -0.39 is 32.4 Å². The van der Waals surface area contributed by atoms with E-state index in [4.69, 9.17) is 11.6 Å². The Kier molecular flexibility index (Phi) is 6.89. The van der Waals surface area contributed by atoms with E-state index >= 15 is 0 Å². The summed E-state index contributed by atoms with van der Waals surface area (Å²) in [4.78, 5) is 10.2. The van der Waals surface area contributed by atoms with Crippen LogP contribution in [0.3, 0.4) is 0 Å². The third-order valence-electron chi connectivity index (χ3n) is 4.19. The second kappa shape index (κ2) is 9.46. The van der Waals surface area contributed by atoms with E-state index in [1.165, 1.54) is 36.4 Å². The molecule has 0 saturated heterocycles. The second-order valence-corrected chi connectivity index (χ2v) is 8.66. The zero-order valence-corrected chi connectivity index (χ0v) is 17.9. The Morgan fingerprint density at radius 1 is 1.03 bits per heavy atom. The molecule has 0 aromatic heterocycles. The van der Waals surface area contributed by atoms with Crippen LogP contribution in [0.2, 0.25) is 5.02 Å². The molecule has 0 atom stereocenters. The quantitative estimate of drug-likeness (QED) is 0.253. The highest BCUT2D eigenvalue weighted by molar-refractivity contribution is 7.92. The third-order valence-corrected chi connectivity index (χ3v) is 5.82. The van der Waals surface area contributed by atoms with E-state index in [-0.39, 0.29) is 21.8 Å². The number of rotatable bonds is 7. The molecule has 2 N–H and O–H groups in total. The van der Waals surface area contributed by atoms with Crippen LogP contribution in [0.15, 0.2) is 76.7 Å². The summed E-state index contributed by atoms with van der Waals surface area (Å²) in [5.74, 6) is 0. The number of sulfonamides is 1. The van der Waals surface area contributed by atoms with Crippen molar-refractivity contribution in [3.05, 3.63) is 93.0 Å². The van der Waals surface area contributed by atoms with E-state index in [0.29, 0.717) is 5.02 Å². The minimum atomic E-state index is -4.53. The first kappa shape index (κ1) is 24.0. The molecular weight excluding hydrogens is 485 g/mol. The van der Waals surface area contributed by atoms with E-state index in [9.17, 15) is 31.7 Å². The summed E-state index contributed by atoms with van der Waals surface area (Å²) in [6, 6.07) is 13.2. The summed E-state index contributed by atoms with van der Waals surface area (Å²) in [6.45, 7) is 0. The number of nitro benzene ring substituents is 1. The van der Waals surface area contributed by atoms with Crippen LogP contribution in [0, 0.1) is 10.1 Å². The molecule has 0 spiro atoms. The molecular formula is C20H14ClF3N4O4S. The summed E-state index contributed by atoms with van der Waals surface area (Å²) < 4.78 is 65.8. The highest BCUT2D eigenvalue weighted by Crippen LogP contribution is 2.30. The summed E-state index contributed by atoms with van der Waals surface area (Å²) in [5, 5.41) is 15.6. The Bertz CT molecular complexity index is 1310. The zero-order valence-electron chi connectivity index (χ0n) is 16.4. The molecule has 33 heavy (non-hydrogen) atoms. The van der Waals surface area contributed by atoms with Crippen LogP contribution in [-0.4, -0.2) is 19.6 Å². The van der Waals surface area contributed by atoms with Crippen LogP contribution in [0.1, 0.15) is 11.1 Å². The standard InChI is InChI=1S/C20H14ClF3N4O4S/c21-15-4-6-16(7-5-15)27-33(31,32)17-8-9-18(19(11-17)28(29)30)26-25-12-13-2-1-3-14(10-13)20(22,23)24/h1-12,26-27H/b25-12+. The molecule has 0 bridgehead atoms. The predicted octanol–water partition coefficient (Wildman–Crippen LogP) is 5.51. The number of hydrazone groups is 1. The number of hydrogen-bond donors (Lipinski definition) is 2. The van der Waals surface area contributed by atoms with Crippen LogP contribution >= 0.6 is 11.6 Å². The maximum absolute atomic E-state index is 12.8. The maximum atomic E-state index is 12.8. The van der Waals surface area contributed by atoms with Crippen molar-refractivity contribution in [3.8, 4) is 0 Å². The van der Waals surface area contributed by atoms with Crippen molar-refractivity contribution in [2.45, 2.75) is 11.1 Å². The Balaban J connectivity index is 1.82. The second-order valence-electron chi connectivity index (χ2n) is 6.54. The number of hydrogen-bond acceptors (Lipinski definition) is 6. The number of nitrogens with one attached hydrogen (secondary N) is 2. The molecule has 0 unspecified atom stereocenters. The monoisotopic (exact) mass is 498 g/mol. The first-order valence-electron chi connectivity index (χ1n) is 8.99. The van der Waals surface area contributed by atoms with Crippen LogP contribution in [0.5, 0.6) is 0 Å². The predicted molar refractivity (Wildman–Crippen MR) is 118 cm³/mol. The van der Waals surface area contributed by atoms with Gasteiger partial charge in [0.05, 0.1) is 21.6 Å². The molecule has 172 valence electrons. The summed E-state index contributed by atoms with van der Waals surface area (Å²) in [6.07, 6.45) is -3.48. The Morgan fingerprint density at radius 2 is 1.73 bits per heavy atom. The van der Waals surface area contributed by atoms with Crippen molar-refractivity contribution in [1.29, 1.82) is 0 Å². The van der Waals surface area contributed by atoms with Crippen LogP contribution in [0.4, 0.5) is 30.2 Å². The Morgan fingerprint density at radius 3 is 2.36 bits per heavy atom. The van der Waals surface area contributed by atoms with Crippen molar-refractivity contribution < 1.29 is 26.5 Å². The van der Waals surface area contributed by atoms with E-state index in [1.807, 2.05) is 0 Å². The molecule has 0 aliphatic heterocycles. The molecule has 8 nitrogen and oxygen atoms in total. The third kappa shape index (κ3) is 6.20. The van der Waals surface area contributed by atoms with Crippen molar-refractivity contribution >= 4 is 44.9 Å². The molecule has 0 saturated carbocycles. The van der Waals surface area contributed by atoms with Gasteiger partial charge in [0, 0.05) is 16.8 Å². The van der Waals surface area contributed by atoms with Gasteiger partial charge in [-0.25, -0.2) is 8.42 Å². The van der Waals surface area contributed by atoms with Crippen molar-refractivity contribution in [1.82, 2.24) is 0 Å².